The molecule has 0 radical (unpaired) electrons. The second kappa shape index (κ2) is 7.17. The molecule has 1 atom stereocenters. The highest BCUT2D eigenvalue weighted by molar-refractivity contribution is 6.35. The number of nitrogens with one attached hydrogen (secondary N) is 1. The summed E-state index contributed by atoms with van der Waals surface area (Å²) >= 11 is 6.50. The fraction of sp³-hybridized carbons (Fsp3) is 0.500. The van der Waals surface area contributed by atoms with Gasteiger partial charge in [-0.25, -0.2) is 9.97 Å². The van der Waals surface area contributed by atoms with Crippen molar-refractivity contribution in [2.24, 2.45) is 11.3 Å². The van der Waals surface area contributed by atoms with Crippen molar-refractivity contribution in [3.63, 3.8) is 0 Å². The van der Waals surface area contributed by atoms with Crippen molar-refractivity contribution in [2.75, 3.05) is 25.1 Å². The molecule has 1 aliphatic heterocycles. The van der Waals surface area contributed by atoms with Crippen molar-refractivity contribution in [3.8, 4) is 17.0 Å². The van der Waals surface area contributed by atoms with E-state index in [0.29, 0.717) is 21.8 Å². The largest absolute Gasteiger partial charge is 0.495 e. The van der Waals surface area contributed by atoms with Gasteiger partial charge >= 0.3 is 0 Å². The molecule has 152 valence electrons. The molecule has 2 aliphatic rings. The van der Waals surface area contributed by atoms with E-state index in [1.54, 1.807) is 7.11 Å². The van der Waals surface area contributed by atoms with Gasteiger partial charge in [0.2, 0.25) is 5.65 Å². The van der Waals surface area contributed by atoms with Crippen LogP contribution in [0.1, 0.15) is 39.0 Å². The monoisotopic (exact) mass is 411 g/mol. The number of piperidine rings is 1. The number of halogens is 1. The Balaban J connectivity index is 1.42. The van der Waals surface area contributed by atoms with Gasteiger partial charge in [0.15, 0.2) is 0 Å². The molecular weight excluding hydrogens is 386 g/mol. The number of nitrogens with zero attached hydrogens (tertiary/aromatic N) is 4. The van der Waals surface area contributed by atoms with E-state index < -0.39 is 0 Å². The van der Waals surface area contributed by atoms with Gasteiger partial charge in [-0.1, -0.05) is 43.5 Å². The van der Waals surface area contributed by atoms with Gasteiger partial charge in [0.25, 0.3) is 0 Å². The second-order valence-electron chi connectivity index (χ2n) is 8.46. The molecule has 1 aromatic carbocycles. The van der Waals surface area contributed by atoms with Gasteiger partial charge in [-0.15, -0.1) is 0 Å². The molecule has 7 heteroatoms. The summed E-state index contributed by atoms with van der Waals surface area (Å²) in [5.74, 6) is 2.38. The van der Waals surface area contributed by atoms with Crippen molar-refractivity contribution < 1.29 is 4.74 Å². The summed E-state index contributed by atoms with van der Waals surface area (Å²) in [5, 5.41) is 8.01. The average Bonchev–Trinajstić information content (AvgIpc) is 3.32. The summed E-state index contributed by atoms with van der Waals surface area (Å²) in [5.41, 5.74) is 3.47. The molecule has 1 aliphatic carbocycles. The molecule has 1 saturated heterocycles. The summed E-state index contributed by atoms with van der Waals surface area (Å²) in [4.78, 5) is 11.9. The molecule has 1 saturated carbocycles. The first-order chi connectivity index (χ1) is 14.1. The molecule has 3 heterocycles. The molecule has 0 amide bonds. The molecule has 0 unspecified atom stereocenters. The number of anilines is 1. The SMILES string of the molecule is COc1cccc(-c2[nH]nc3nc(N4CCC5(CCC[C@H]5C)CC4)cnc23)c1Cl. The van der Waals surface area contributed by atoms with E-state index in [1.165, 1.54) is 32.1 Å². The summed E-state index contributed by atoms with van der Waals surface area (Å²) in [6.07, 6.45) is 8.52. The van der Waals surface area contributed by atoms with E-state index in [4.69, 9.17) is 26.3 Å². The zero-order valence-electron chi connectivity index (χ0n) is 16.9. The fourth-order valence-electron chi connectivity index (χ4n) is 5.22. The van der Waals surface area contributed by atoms with Crippen LogP contribution in [0.15, 0.2) is 24.4 Å². The van der Waals surface area contributed by atoms with Gasteiger partial charge in [-0.05, 0) is 36.7 Å². The van der Waals surface area contributed by atoms with Gasteiger partial charge in [-0.2, -0.15) is 5.10 Å². The van der Waals surface area contributed by atoms with Crippen molar-refractivity contribution in [1.82, 2.24) is 20.2 Å². The highest BCUT2D eigenvalue weighted by atomic mass is 35.5. The number of aromatic nitrogens is 4. The number of ether oxygens (including phenoxy) is 1. The number of hydrogen-bond donors (Lipinski definition) is 1. The van der Waals surface area contributed by atoms with Crippen LogP contribution in [0, 0.1) is 11.3 Å². The topological polar surface area (TPSA) is 66.9 Å². The van der Waals surface area contributed by atoms with Crippen LogP contribution in [0.3, 0.4) is 0 Å². The first-order valence-corrected chi connectivity index (χ1v) is 10.8. The van der Waals surface area contributed by atoms with Crippen LogP contribution < -0.4 is 9.64 Å². The summed E-state index contributed by atoms with van der Waals surface area (Å²) in [6.45, 7) is 4.52. The van der Waals surface area contributed by atoms with Crippen LogP contribution in [-0.4, -0.2) is 40.4 Å². The summed E-state index contributed by atoms with van der Waals surface area (Å²) in [6, 6.07) is 5.67. The van der Waals surface area contributed by atoms with Gasteiger partial charge in [-0.3, -0.25) is 5.10 Å². The molecule has 1 spiro atoms. The number of aromatic amines is 1. The lowest BCUT2D eigenvalue weighted by Crippen LogP contribution is -2.41. The zero-order valence-corrected chi connectivity index (χ0v) is 17.7. The Labute approximate surface area is 175 Å². The number of methoxy groups -OCH3 is 1. The zero-order chi connectivity index (χ0) is 20.0. The third-order valence-corrected chi connectivity index (χ3v) is 7.53. The van der Waals surface area contributed by atoms with E-state index >= 15 is 0 Å². The van der Waals surface area contributed by atoms with Crippen LogP contribution in [0.25, 0.3) is 22.4 Å². The Kier molecular flexibility index (Phi) is 4.62. The first kappa shape index (κ1) is 18.7. The molecule has 5 rings (SSSR count). The minimum atomic E-state index is 0.540. The first-order valence-electron chi connectivity index (χ1n) is 10.4. The standard InChI is InChI=1S/C22H26ClN5O/c1-14-5-4-8-22(14)9-11-28(12-10-22)17-13-24-20-19(26-27-21(20)25-17)15-6-3-7-16(29-2)18(15)23/h3,6-7,13-14H,4-5,8-12H2,1-2H3,(H,25,26,27)/t14-/m1/s1. The van der Waals surface area contributed by atoms with Gasteiger partial charge < -0.3 is 9.64 Å². The van der Waals surface area contributed by atoms with Gasteiger partial charge in [0, 0.05) is 18.7 Å². The lowest BCUT2D eigenvalue weighted by atomic mass is 9.71. The van der Waals surface area contributed by atoms with Crippen LogP contribution >= 0.6 is 11.6 Å². The quantitative estimate of drug-likeness (QED) is 0.650. The Morgan fingerprint density at radius 3 is 2.79 bits per heavy atom. The van der Waals surface area contributed by atoms with Crippen molar-refractivity contribution in [2.45, 2.75) is 39.0 Å². The van der Waals surface area contributed by atoms with Crippen LogP contribution in [0.2, 0.25) is 5.02 Å². The maximum Gasteiger partial charge on any atom is 0.202 e. The van der Waals surface area contributed by atoms with E-state index in [2.05, 4.69) is 22.0 Å². The third-order valence-electron chi connectivity index (χ3n) is 7.14. The number of fused-ring (bicyclic) bond motifs is 1. The van der Waals surface area contributed by atoms with E-state index in [0.717, 1.165) is 41.6 Å². The molecule has 3 aromatic rings. The highest BCUT2D eigenvalue weighted by Crippen LogP contribution is 2.50. The minimum absolute atomic E-state index is 0.540. The molecule has 0 bridgehead atoms. The van der Waals surface area contributed by atoms with E-state index in [1.807, 2.05) is 24.4 Å². The summed E-state index contributed by atoms with van der Waals surface area (Å²) in [7, 11) is 1.61. The molecule has 1 N–H and O–H groups in total. The lowest BCUT2D eigenvalue weighted by molar-refractivity contribution is 0.161. The normalized spacial score (nSPS) is 21.2. The van der Waals surface area contributed by atoms with Crippen molar-refractivity contribution in [3.05, 3.63) is 29.4 Å². The number of H-pyrrole nitrogens is 1. The number of rotatable bonds is 3. The maximum atomic E-state index is 6.50. The fourth-order valence-corrected chi connectivity index (χ4v) is 5.52. The Bertz CT molecular complexity index is 1040. The molecule has 2 fully saturated rings. The molecular formula is C22H26ClN5O. The van der Waals surface area contributed by atoms with Crippen molar-refractivity contribution in [1.29, 1.82) is 0 Å². The Morgan fingerprint density at radius 1 is 1.24 bits per heavy atom. The van der Waals surface area contributed by atoms with E-state index in [9.17, 15) is 0 Å². The number of benzene rings is 1. The van der Waals surface area contributed by atoms with Crippen LogP contribution in [0.4, 0.5) is 5.82 Å². The third kappa shape index (κ3) is 3.05. The summed E-state index contributed by atoms with van der Waals surface area (Å²) < 4.78 is 5.33. The Hall–Kier alpha value is -2.34. The number of hydrogen-bond acceptors (Lipinski definition) is 5. The Morgan fingerprint density at radius 2 is 2.07 bits per heavy atom. The van der Waals surface area contributed by atoms with Crippen LogP contribution in [0.5, 0.6) is 5.75 Å². The van der Waals surface area contributed by atoms with Crippen molar-refractivity contribution >= 4 is 28.6 Å². The lowest BCUT2D eigenvalue weighted by Gasteiger charge is -2.42. The molecule has 29 heavy (non-hydrogen) atoms. The smallest absolute Gasteiger partial charge is 0.202 e. The second-order valence-corrected chi connectivity index (χ2v) is 8.84. The van der Waals surface area contributed by atoms with Crippen LogP contribution in [-0.2, 0) is 0 Å². The highest BCUT2D eigenvalue weighted by Gasteiger charge is 2.42. The molecule has 6 nitrogen and oxygen atoms in total. The van der Waals surface area contributed by atoms with Gasteiger partial charge in [0.05, 0.1) is 24.0 Å². The van der Waals surface area contributed by atoms with E-state index in [-0.39, 0.29) is 0 Å². The minimum Gasteiger partial charge on any atom is -0.495 e. The predicted molar refractivity (Wildman–Crippen MR) is 116 cm³/mol. The maximum absolute atomic E-state index is 6.50. The average molecular weight is 412 g/mol. The predicted octanol–water partition coefficient (Wildman–Crippen LogP) is 5.09. The van der Waals surface area contributed by atoms with Gasteiger partial charge in [0.1, 0.15) is 17.1 Å². The molecule has 2 aromatic heterocycles.